The lowest BCUT2D eigenvalue weighted by Gasteiger charge is -2.40. The van der Waals surface area contributed by atoms with Gasteiger partial charge in [0, 0.05) is 18.5 Å². The number of alkyl halides is 1. The number of aromatic amines is 1. The first kappa shape index (κ1) is 21.0. The number of likely N-dealkylation sites (tertiary alicyclic amines) is 1. The van der Waals surface area contributed by atoms with Gasteiger partial charge in [0.15, 0.2) is 5.65 Å². The van der Waals surface area contributed by atoms with E-state index in [0.29, 0.717) is 16.9 Å². The molecule has 33 heavy (non-hydrogen) atoms. The van der Waals surface area contributed by atoms with Crippen LogP contribution >= 0.6 is 0 Å². The summed E-state index contributed by atoms with van der Waals surface area (Å²) < 4.78 is 16.8. The van der Waals surface area contributed by atoms with E-state index in [2.05, 4.69) is 15.1 Å². The zero-order valence-electron chi connectivity index (χ0n) is 17.7. The van der Waals surface area contributed by atoms with E-state index in [1.165, 1.54) is 15.9 Å². The summed E-state index contributed by atoms with van der Waals surface area (Å²) in [6, 6.07) is 17.8. The van der Waals surface area contributed by atoms with E-state index < -0.39 is 17.3 Å². The van der Waals surface area contributed by atoms with Gasteiger partial charge in [-0.05, 0) is 30.7 Å². The average molecular weight is 447 g/mol. The lowest BCUT2D eigenvalue weighted by Crippen LogP contribution is -2.56. The highest BCUT2D eigenvalue weighted by Gasteiger charge is 2.44. The Labute approximate surface area is 188 Å². The summed E-state index contributed by atoms with van der Waals surface area (Å²) in [5.74, 6) is -0.278. The van der Waals surface area contributed by atoms with Crippen molar-refractivity contribution < 1.29 is 14.3 Å². The Balaban J connectivity index is 1.44. The predicted molar refractivity (Wildman–Crippen MR) is 120 cm³/mol. The van der Waals surface area contributed by atoms with Crippen molar-refractivity contribution in [3.8, 4) is 5.69 Å². The summed E-state index contributed by atoms with van der Waals surface area (Å²) in [5, 5.41) is 15.9. The molecule has 1 fully saturated rings. The number of para-hydroxylation sites is 1. The molecule has 1 aliphatic heterocycles. The van der Waals surface area contributed by atoms with Gasteiger partial charge in [-0.1, -0.05) is 36.4 Å². The molecule has 0 aliphatic carbocycles. The van der Waals surface area contributed by atoms with Crippen LogP contribution in [0.1, 0.15) is 22.5 Å². The molecule has 2 aromatic carbocycles. The number of nitrogens with one attached hydrogen (secondary N) is 1. The molecule has 2 N–H and O–H groups in total. The van der Waals surface area contributed by atoms with Gasteiger partial charge in [-0.15, -0.1) is 0 Å². The first-order chi connectivity index (χ1) is 16.0. The van der Waals surface area contributed by atoms with Crippen LogP contribution in [0.15, 0.2) is 71.8 Å². The topological polar surface area (TPSA) is 104 Å². The highest BCUT2D eigenvalue weighted by molar-refractivity contribution is 5.94. The van der Waals surface area contributed by atoms with Crippen molar-refractivity contribution >= 4 is 16.9 Å². The second kappa shape index (κ2) is 8.25. The molecule has 2 atom stereocenters. The number of hydrogen-bond donors (Lipinski definition) is 2. The van der Waals surface area contributed by atoms with E-state index in [-0.39, 0.29) is 42.9 Å². The van der Waals surface area contributed by atoms with Crippen LogP contribution in [-0.2, 0) is 6.42 Å². The minimum Gasteiger partial charge on any atom is -0.386 e. The number of benzene rings is 2. The highest BCUT2D eigenvalue weighted by atomic mass is 19.1. The van der Waals surface area contributed by atoms with Crippen LogP contribution in [0.3, 0.4) is 0 Å². The van der Waals surface area contributed by atoms with Crippen LogP contribution < -0.4 is 5.56 Å². The first-order valence-electron chi connectivity index (χ1n) is 10.7. The quantitative estimate of drug-likeness (QED) is 0.500. The largest absolute Gasteiger partial charge is 0.386 e. The first-order valence-corrected chi connectivity index (χ1v) is 10.7. The number of carbonyl (C=O) groups excluding carboxylic acids is 1. The number of hydrogen-bond acceptors (Lipinski definition) is 5. The molecule has 0 saturated carbocycles. The van der Waals surface area contributed by atoms with Gasteiger partial charge in [0.25, 0.3) is 11.5 Å². The molecule has 3 heterocycles. The lowest BCUT2D eigenvalue weighted by atomic mass is 9.84. The molecule has 0 unspecified atom stereocenters. The number of H-pyrrole nitrogens is 1. The second-order valence-electron chi connectivity index (χ2n) is 8.24. The SMILES string of the molecule is O=C(c1ccccc1)N1CC[C@@](O)(Cc2nn(-c3ccccc3)c3nc[nH]c(=O)c23)[C@H](F)C1. The number of amides is 1. The number of carbonyl (C=O) groups is 1. The molecule has 4 aromatic rings. The average Bonchev–Trinajstić information content (AvgIpc) is 3.21. The van der Waals surface area contributed by atoms with Crippen LogP contribution in [-0.4, -0.2) is 60.5 Å². The van der Waals surface area contributed by atoms with Crippen molar-refractivity contribution in [2.75, 3.05) is 13.1 Å². The van der Waals surface area contributed by atoms with E-state index in [1.807, 2.05) is 30.3 Å². The zero-order chi connectivity index (χ0) is 23.0. The van der Waals surface area contributed by atoms with Crippen molar-refractivity contribution in [1.82, 2.24) is 24.6 Å². The highest BCUT2D eigenvalue weighted by Crippen LogP contribution is 2.31. The molecule has 9 heteroatoms. The van der Waals surface area contributed by atoms with Gasteiger partial charge in [-0.25, -0.2) is 14.1 Å². The predicted octanol–water partition coefficient (Wildman–Crippen LogP) is 2.27. The summed E-state index contributed by atoms with van der Waals surface area (Å²) in [6.07, 6.45) is -0.570. The third-order valence-electron chi connectivity index (χ3n) is 6.10. The summed E-state index contributed by atoms with van der Waals surface area (Å²) >= 11 is 0. The molecule has 5 rings (SSSR count). The molecule has 2 aromatic heterocycles. The Hall–Kier alpha value is -3.85. The number of piperidine rings is 1. The molecule has 168 valence electrons. The maximum Gasteiger partial charge on any atom is 0.262 e. The van der Waals surface area contributed by atoms with E-state index in [1.54, 1.807) is 30.3 Å². The van der Waals surface area contributed by atoms with Crippen LogP contribution in [0.5, 0.6) is 0 Å². The normalized spacial score (nSPS) is 20.8. The Morgan fingerprint density at radius 2 is 1.85 bits per heavy atom. The molecule has 1 aliphatic rings. The van der Waals surface area contributed by atoms with E-state index in [0.717, 1.165) is 0 Å². The van der Waals surface area contributed by atoms with Crippen molar-refractivity contribution in [2.24, 2.45) is 0 Å². The molecular formula is C24H22FN5O3. The molecule has 8 nitrogen and oxygen atoms in total. The van der Waals surface area contributed by atoms with Crippen LogP contribution in [0.25, 0.3) is 16.7 Å². The van der Waals surface area contributed by atoms with Crippen molar-refractivity contribution in [3.05, 3.63) is 88.6 Å². The number of aromatic nitrogens is 4. The van der Waals surface area contributed by atoms with E-state index >= 15 is 4.39 Å². The fourth-order valence-electron chi connectivity index (χ4n) is 4.28. The second-order valence-corrected chi connectivity index (χ2v) is 8.24. The number of aliphatic hydroxyl groups is 1. The third-order valence-corrected chi connectivity index (χ3v) is 6.10. The lowest BCUT2D eigenvalue weighted by molar-refractivity contribution is -0.0776. The van der Waals surface area contributed by atoms with Crippen molar-refractivity contribution in [2.45, 2.75) is 24.6 Å². The maximum absolute atomic E-state index is 15.3. The number of nitrogens with zero attached hydrogens (tertiary/aromatic N) is 4. The van der Waals surface area contributed by atoms with Crippen molar-refractivity contribution in [3.63, 3.8) is 0 Å². The maximum atomic E-state index is 15.3. The molecule has 0 radical (unpaired) electrons. The Morgan fingerprint density at radius 1 is 1.15 bits per heavy atom. The van der Waals surface area contributed by atoms with Gasteiger partial charge in [0.1, 0.15) is 17.2 Å². The molecule has 0 bridgehead atoms. The fourth-order valence-corrected chi connectivity index (χ4v) is 4.28. The van der Waals surface area contributed by atoms with E-state index in [4.69, 9.17) is 0 Å². The Kier molecular flexibility index (Phi) is 5.26. The molecular weight excluding hydrogens is 425 g/mol. The summed E-state index contributed by atoms with van der Waals surface area (Å²) in [6.45, 7) is -0.0489. The molecule has 0 spiro atoms. The minimum absolute atomic E-state index is 0.0184. The van der Waals surface area contributed by atoms with Crippen LogP contribution in [0.4, 0.5) is 4.39 Å². The van der Waals surface area contributed by atoms with Gasteiger partial charge < -0.3 is 15.0 Å². The Bertz CT molecular complexity index is 1360. The Morgan fingerprint density at radius 3 is 2.55 bits per heavy atom. The monoisotopic (exact) mass is 447 g/mol. The number of halogens is 1. The zero-order valence-corrected chi connectivity index (χ0v) is 17.7. The van der Waals surface area contributed by atoms with Gasteiger partial charge in [-0.2, -0.15) is 5.10 Å². The van der Waals surface area contributed by atoms with Gasteiger partial charge in [0.2, 0.25) is 0 Å². The standard InChI is InChI=1S/C24H22FN5O3/c25-19-14-29(23(32)16-7-3-1-4-8-16)12-11-24(19,33)13-18-20-21(26-15-27-22(20)31)30(28-18)17-9-5-2-6-10-17/h1-10,15,19,33H,11-14H2,(H,26,27,31)/t19-,24-/m1/s1. The van der Waals surface area contributed by atoms with Crippen LogP contribution in [0.2, 0.25) is 0 Å². The van der Waals surface area contributed by atoms with Crippen LogP contribution in [0, 0.1) is 0 Å². The smallest absolute Gasteiger partial charge is 0.262 e. The van der Waals surface area contributed by atoms with Crippen molar-refractivity contribution in [1.29, 1.82) is 0 Å². The van der Waals surface area contributed by atoms with Gasteiger partial charge >= 0.3 is 0 Å². The number of rotatable bonds is 4. The fraction of sp³-hybridized carbons (Fsp3) is 0.250. The van der Waals surface area contributed by atoms with Gasteiger partial charge in [0.05, 0.1) is 24.3 Å². The third kappa shape index (κ3) is 3.80. The minimum atomic E-state index is -1.77. The van der Waals surface area contributed by atoms with E-state index in [9.17, 15) is 14.7 Å². The number of fused-ring (bicyclic) bond motifs is 1. The molecule has 1 amide bonds. The molecule has 1 saturated heterocycles. The summed E-state index contributed by atoms with van der Waals surface area (Å²) in [7, 11) is 0. The summed E-state index contributed by atoms with van der Waals surface area (Å²) in [5.41, 5.74) is -0.419. The van der Waals surface area contributed by atoms with Gasteiger partial charge in [-0.3, -0.25) is 9.59 Å². The summed E-state index contributed by atoms with van der Waals surface area (Å²) in [4.78, 5) is 33.5.